The predicted octanol–water partition coefficient (Wildman–Crippen LogP) is 3.61. The molecule has 1 saturated heterocycles. The summed E-state index contributed by atoms with van der Waals surface area (Å²) in [6.45, 7) is 7.63. The number of rotatable bonds is 3. The van der Waals surface area contributed by atoms with Crippen LogP contribution in [0.3, 0.4) is 0 Å². The maximum Gasteiger partial charge on any atom is 0.254 e. The molecule has 3 aromatic rings. The van der Waals surface area contributed by atoms with Gasteiger partial charge in [-0.15, -0.1) is 11.3 Å². The molecule has 0 bridgehead atoms. The van der Waals surface area contributed by atoms with Gasteiger partial charge in [-0.2, -0.15) is 5.10 Å². The number of piperidine rings is 1. The SMILES string of the molecule is Cc1ccc(-c2cc(C(=O)N3CCC(N)CC3)c3cnn(C(C)C)c3n2)s1. The van der Waals surface area contributed by atoms with Gasteiger partial charge < -0.3 is 10.6 Å². The summed E-state index contributed by atoms with van der Waals surface area (Å²) in [5.41, 5.74) is 8.29. The van der Waals surface area contributed by atoms with Gasteiger partial charge in [-0.3, -0.25) is 4.79 Å². The quantitative estimate of drug-likeness (QED) is 0.749. The molecule has 4 heterocycles. The van der Waals surface area contributed by atoms with E-state index in [-0.39, 0.29) is 18.0 Å². The normalized spacial score (nSPS) is 15.8. The van der Waals surface area contributed by atoms with E-state index >= 15 is 0 Å². The minimum absolute atomic E-state index is 0.0483. The third-order valence-electron chi connectivity index (χ3n) is 5.11. The largest absolute Gasteiger partial charge is 0.339 e. The van der Waals surface area contributed by atoms with E-state index in [2.05, 4.69) is 38.0 Å². The number of thiophene rings is 1. The molecular weight excluding hydrogens is 358 g/mol. The van der Waals surface area contributed by atoms with Crippen molar-refractivity contribution in [2.24, 2.45) is 5.73 Å². The fourth-order valence-corrected chi connectivity index (χ4v) is 4.37. The zero-order chi connectivity index (χ0) is 19.1. The number of likely N-dealkylation sites (tertiary alicyclic amines) is 1. The maximum atomic E-state index is 13.3. The summed E-state index contributed by atoms with van der Waals surface area (Å²) in [5.74, 6) is 0.0483. The van der Waals surface area contributed by atoms with Crippen LogP contribution >= 0.6 is 11.3 Å². The highest BCUT2D eigenvalue weighted by Crippen LogP contribution is 2.31. The highest BCUT2D eigenvalue weighted by Gasteiger charge is 2.25. The summed E-state index contributed by atoms with van der Waals surface area (Å²) in [6, 6.07) is 6.44. The molecular formula is C20H25N5OS. The predicted molar refractivity (Wildman–Crippen MR) is 109 cm³/mol. The number of hydrogen-bond acceptors (Lipinski definition) is 5. The van der Waals surface area contributed by atoms with Crippen LogP contribution in [-0.2, 0) is 0 Å². The van der Waals surface area contributed by atoms with Crippen LogP contribution in [0.2, 0.25) is 0 Å². The first-order valence-electron chi connectivity index (χ1n) is 9.44. The summed E-state index contributed by atoms with van der Waals surface area (Å²) in [6.07, 6.45) is 3.47. The number of aryl methyl sites for hydroxylation is 1. The molecule has 0 spiro atoms. The van der Waals surface area contributed by atoms with Crippen LogP contribution in [0.1, 0.15) is 48.0 Å². The number of carbonyl (C=O) groups excluding carboxylic acids is 1. The Kier molecular flexibility index (Phi) is 4.74. The van der Waals surface area contributed by atoms with Gasteiger partial charge in [0.15, 0.2) is 5.65 Å². The van der Waals surface area contributed by atoms with Crippen molar-refractivity contribution < 1.29 is 4.79 Å². The third kappa shape index (κ3) is 3.37. The van der Waals surface area contributed by atoms with E-state index in [4.69, 9.17) is 10.7 Å². The fraction of sp³-hybridized carbons (Fsp3) is 0.450. The van der Waals surface area contributed by atoms with E-state index in [1.165, 1.54) is 4.88 Å². The lowest BCUT2D eigenvalue weighted by Crippen LogP contribution is -2.42. The van der Waals surface area contributed by atoms with Crippen molar-refractivity contribution in [2.75, 3.05) is 13.1 Å². The fourth-order valence-electron chi connectivity index (χ4n) is 3.54. The van der Waals surface area contributed by atoms with Gasteiger partial charge >= 0.3 is 0 Å². The van der Waals surface area contributed by atoms with E-state index in [1.807, 2.05) is 15.6 Å². The number of fused-ring (bicyclic) bond motifs is 1. The molecule has 0 atom stereocenters. The molecule has 1 fully saturated rings. The van der Waals surface area contributed by atoms with Crippen LogP contribution in [0.15, 0.2) is 24.4 Å². The lowest BCUT2D eigenvalue weighted by Gasteiger charge is -2.30. The van der Waals surface area contributed by atoms with Crippen molar-refractivity contribution >= 4 is 28.3 Å². The second-order valence-corrected chi connectivity index (χ2v) is 8.80. The third-order valence-corrected chi connectivity index (χ3v) is 6.13. The van der Waals surface area contributed by atoms with Crippen molar-refractivity contribution in [2.45, 2.75) is 45.7 Å². The first kappa shape index (κ1) is 18.1. The molecule has 0 saturated carbocycles. The Morgan fingerprint density at radius 3 is 2.67 bits per heavy atom. The van der Waals surface area contributed by atoms with Crippen LogP contribution in [0, 0.1) is 6.92 Å². The number of hydrogen-bond donors (Lipinski definition) is 1. The van der Waals surface area contributed by atoms with E-state index in [0.717, 1.165) is 34.4 Å². The minimum Gasteiger partial charge on any atom is -0.339 e. The zero-order valence-electron chi connectivity index (χ0n) is 16.0. The van der Waals surface area contributed by atoms with Crippen molar-refractivity contribution in [3.63, 3.8) is 0 Å². The van der Waals surface area contributed by atoms with E-state index in [0.29, 0.717) is 18.7 Å². The van der Waals surface area contributed by atoms with Gasteiger partial charge in [-0.25, -0.2) is 9.67 Å². The second kappa shape index (κ2) is 7.05. The number of nitrogens with two attached hydrogens (primary N) is 1. The molecule has 4 rings (SSSR count). The molecule has 0 radical (unpaired) electrons. The van der Waals surface area contributed by atoms with Crippen molar-refractivity contribution in [1.29, 1.82) is 0 Å². The molecule has 1 aliphatic heterocycles. The number of carbonyl (C=O) groups is 1. The van der Waals surface area contributed by atoms with E-state index < -0.39 is 0 Å². The molecule has 1 aliphatic rings. The van der Waals surface area contributed by atoms with Crippen molar-refractivity contribution in [3.05, 3.63) is 34.8 Å². The molecule has 27 heavy (non-hydrogen) atoms. The van der Waals surface area contributed by atoms with Gasteiger partial charge in [0, 0.05) is 30.1 Å². The summed E-state index contributed by atoms with van der Waals surface area (Å²) < 4.78 is 1.89. The Hall–Kier alpha value is -2.25. The molecule has 0 aromatic carbocycles. The monoisotopic (exact) mass is 383 g/mol. The molecule has 0 unspecified atom stereocenters. The lowest BCUT2D eigenvalue weighted by molar-refractivity contribution is 0.0716. The average molecular weight is 384 g/mol. The molecule has 3 aromatic heterocycles. The Morgan fingerprint density at radius 1 is 1.30 bits per heavy atom. The highest BCUT2D eigenvalue weighted by molar-refractivity contribution is 7.15. The molecule has 1 amide bonds. The van der Waals surface area contributed by atoms with Crippen LogP contribution in [-0.4, -0.2) is 44.7 Å². The van der Waals surface area contributed by atoms with Gasteiger partial charge in [0.05, 0.1) is 27.7 Å². The summed E-state index contributed by atoms with van der Waals surface area (Å²) in [4.78, 5) is 22.4. The van der Waals surface area contributed by atoms with Crippen LogP contribution in [0.5, 0.6) is 0 Å². The van der Waals surface area contributed by atoms with Gasteiger partial charge in [-0.1, -0.05) is 0 Å². The smallest absolute Gasteiger partial charge is 0.254 e. The van der Waals surface area contributed by atoms with Crippen LogP contribution in [0.4, 0.5) is 0 Å². The Balaban J connectivity index is 1.84. The molecule has 2 N–H and O–H groups in total. The van der Waals surface area contributed by atoms with Gasteiger partial charge in [0.1, 0.15) is 0 Å². The standard InChI is InChI=1S/C20H25N5OS/c1-12(2)25-19-16(11-22-25)15(20(26)24-8-6-14(21)7-9-24)10-17(23-19)18-5-4-13(3)27-18/h4-5,10-12,14H,6-9,21H2,1-3H3. The van der Waals surface area contributed by atoms with E-state index in [9.17, 15) is 4.79 Å². The first-order chi connectivity index (χ1) is 12.9. The topological polar surface area (TPSA) is 77.0 Å². The number of amides is 1. The van der Waals surface area contributed by atoms with Crippen molar-refractivity contribution in [1.82, 2.24) is 19.7 Å². The second-order valence-electron chi connectivity index (χ2n) is 7.52. The number of aromatic nitrogens is 3. The van der Waals surface area contributed by atoms with Crippen LogP contribution < -0.4 is 5.73 Å². The Bertz CT molecular complexity index is 982. The molecule has 7 heteroatoms. The first-order valence-corrected chi connectivity index (χ1v) is 10.3. The van der Waals surface area contributed by atoms with Gasteiger partial charge in [0.25, 0.3) is 5.91 Å². The lowest BCUT2D eigenvalue weighted by atomic mass is 10.0. The summed E-state index contributed by atoms with van der Waals surface area (Å²) in [7, 11) is 0. The maximum absolute atomic E-state index is 13.3. The number of pyridine rings is 1. The zero-order valence-corrected chi connectivity index (χ0v) is 16.8. The highest BCUT2D eigenvalue weighted by atomic mass is 32.1. The Labute approximate surface area is 163 Å². The molecule has 0 aliphatic carbocycles. The van der Waals surface area contributed by atoms with Crippen molar-refractivity contribution in [3.8, 4) is 10.6 Å². The summed E-state index contributed by atoms with van der Waals surface area (Å²) in [5, 5.41) is 5.32. The Morgan fingerprint density at radius 2 is 2.04 bits per heavy atom. The van der Waals surface area contributed by atoms with Gasteiger partial charge in [0.2, 0.25) is 0 Å². The molecule has 6 nitrogen and oxygen atoms in total. The molecule has 142 valence electrons. The van der Waals surface area contributed by atoms with Crippen LogP contribution in [0.25, 0.3) is 21.6 Å². The average Bonchev–Trinajstić information content (AvgIpc) is 3.27. The number of nitrogens with zero attached hydrogens (tertiary/aromatic N) is 4. The van der Waals surface area contributed by atoms with E-state index in [1.54, 1.807) is 17.5 Å². The summed E-state index contributed by atoms with van der Waals surface area (Å²) >= 11 is 1.69. The van der Waals surface area contributed by atoms with Gasteiger partial charge in [-0.05, 0) is 51.8 Å². The minimum atomic E-state index is 0.0483.